The fourth-order valence-electron chi connectivity index (χ4n) is 2.75. The Labute approximate surface area is 161 Å². The Morgan fingerprint density at radius 2 is 1.44 bits per heavy atom. The molecule has 0 aliphatic heterocycles. The second-order valence-corrected chi connectivity index (χ2v) is 6.49. The zero-order valence-electron chi connectivity index (χ0n) is 14.8. The lowest BCUT2D eigenvalue weighted by Crippen LogP contribution is -2.52. The SMILES string of the molecule is CCOC(=O)C(C(Cl)C(F)(F)F)N(Cc1ccccc1)Cc1ccccc1. The minimum atomic E-state index is -4.75. The van der Waals surface area contributed by atoms with Crippen LogP contribution in [-0.4, -0.2) is 35.1 Å². The van der Waals surface area contributed by atoms with Gasteiger partial charge in [0.2, 0.25) is 0 Å². The van der Waals surface area contributed by atoms with Crippen molar-refractivity contribution >= 4 is 17.6 Å². The number of halogens is 4. The quantitative estimate of drug-likeness (QED) is 0.472. The van der Waals surface area contributed by atoms with Crippen molar-refractivity contribution in [2.45, 2.75) is 37.6 Å². The van der Waals surface area contributed by atoms with E-state index in [2.05, 4.69) is 0 Å². The van der Waals surface area contributed by atoms with E-state index in [1.54, 1.807) is 55.5 Å². The fourth-order valence-corrected chi connectivity index (χ4v) is 3.01. The minimum Gasteiger partial charge on any atom is -0.465 e. The lowest BCUT2D eigenvalue weighted by Gasteiger charge is -2.33. The van der Waals surface area contributed by atoms with E-state index in [1.165, 1.54) is 4.90 Å². The first-order chi connectivity index (χ1) is 12.8. The van der Waals surface area contributed by atoms with E-state index in [4.69, 9.17) is 16.3 Å². The molecule has 0 spiro atoms. The van der Waals surface area contributed by atoms with E-state index in [0.29, 0.717) is 0 Å². The van der Waals surface area contributed by atoms with Crippen molar-refractivity contribution < 1.29 is 22.7 Å². The van der Waals surface area contributed by atoms with Crippen molar-refractivity contribution in [3.63, 3.8) is 0 Å². The largest absolute Gasteiger partial charge is 0.465 e. The second kappa shape index (κ2) is 9.76. The molecule has 3 nitrogen and oxygen atoms in total. The fraction of sp³-hybridized carbons (Fsp3) is 0.350. The summed E-state index contributed by atoms with van der Waals surface area (Å²) < 4.78 is 45.0. The number of hydrogen-bond donors (Lipinski definition) is 0. The molecule has 2 aromatic carbocycles. The zero-order valence-corrected chi connectivity index (χ0v) is 15.6. The molecule has 0 aliphatic carbocycles. The molecule has 2 aromatic rings. The number of hydrogen-bond acceptors (Lipinski definition) is 3. The Morgan fingerprint density at radius 1 is 1.00 bits per heavy atom. The topological polar surface area (TPSA) is 29.5 Å². The number of alkyl halides is 4. The summed E-state index contributed by atoms with van der Waals surface area (Å²) in [6.45, 7) is 1.77. The van der Waals surface area contributed by atoms with Gasteiger partial charge in [0.05, 0.1) is 6.61 Å². The Hall–Kier alpha value is -2.05. The molecule has 0 bridgehead atoms. The number of rotatable bonds is 8. The molecule has 0 amide bonds. The molecule has 0 radical (unpaired) electrons. The van der Waals surface area contributed by atoms with Gasteiger partial charge in [0.15, 0.2) is 5.38 Å². The van der Waals surface area contributed by atoms with Crippen molar-refractivity contribution in [2.24, 2.45) is 0 Å². The second-order valence-electron chi connectivity index (χ2n) is 6.02. The highest BCUT2D eigenvalue weighted by Crippen LogP contribution is 2.32. The first kappa shape index (κ1) is 21.3. The molecular formula is C20H21ClF3NO2. The zero-order chi connectivity index (χ0) is 19.9. The molecule has 27 heavy (non-hydrogen) atoms. The number of carbonyl (C=O) groups excluding carboxylic acids is 1. The first-order valence-corrected chi connectivity index (χ1v) is 8.96. The molecule has 0 N–H and O–H groups in total. The highest BCUT2D eigenvalue weighted by Gasteiger charge is 2.49. The Balaban J connectivity index is 2.39. The van der Waals surface area contributed by atoms with Gasteiger partial charge in [-0.25, -0.2) is 0 Å². The lowest BCUT2D eigenvalue weighted by atomic mass is 10.1. The van der Waals surface area contributed by atoms with Crippen molar-refractivity contribution in [1.29, 1.82) is 0 Å². The third-order valence-corrected chi connectivity index (χ3v) is 4.45. The normalized spacial score (nSPS) is 14.0. The first-order valence-electron chi connectivity index (χ1n) is 8.52. The van der Waals surface area contributed by atoms with Crippen LogP contribution in [0, 0.1) is 0 Å². The van der Waals surface area contributed by atoms with Crippen LogP contribution >= 0.6 is 11.6 Å². The van der Waals surface area contributed by atoms with E-state index in [1.807, 2.05) is 12.1 Å². The summed E-state index contributed by atoms with van der Waals surface area (Å²) in [5.74, 6) is -0.985. The molecule has 0 aliphatic rings. The van der Waals surface area contributed by atoms with Gasteiger partial charge in [-0.3, -0.25) is 9.69 Å². The van der Waals surface area contributed by atoms with Crippen LogP contribution in [0.25, 0.3) is 0 Å². The van der Waals surface area contributed by atoms with Crippen LogP contribution in [0.5, 0.6) is 0 Å². The van der Waals surface area contributed by atoms with Crippen LogP contribution in [0.1, 0.15) is 18.1 Å². The maximum Gasteiger partial charge on any atom is 0.407 e. The van der Waals surface area contributed by atoms with Gasteiger partial charge in [-0.2, -0.15) is 13.2 Å². The van der Waals surface area contributed by atoms with Crippen molar-refractivity contribution in [3.05, 3.63) is 71.8 Å². The third kappa shape index (κ3) is 6.26. The number of ether oxygens (including phenoxy) is 1. The van der Waals surface area contributed by atoms with Gasteiger partial charge < -0.3 is 4.74 Å². The molecule has 2 unspecified atom stereocenters. The average molecular weight is 400 g/mol. The van der Waals surface area contributed by atoms with E-state index in [9.17, 15) is 18.0 Å². The molecule has 0 saturated heterocycles. The van der Waals surface area contributed by atoms with E-state index in [0.717, 1.165) is 11.1 Å². The van der Waals surface area contributed by atoms with Gasteiger partial charge in [-0.15, -0.1) is 11.6 Å². The molecule has 0 saturated carbocycles. The monoisotopic (exact) mass is 399 g/mol. The highest BCUT2D eigenvalue weighted by atomic mass is 35.5. The Kier molecular flexibility index (Phi) is 7.68. The Morgan fingerprint density at radius 3 is 1.81 bits per heavy atom. The van der Waals surface area contributed by atoms with Gasteiger partial charge in [0.25, 0.3) is 0 Å². The summed E-state index contributed by atoms with van der Waals surface area (Å²) in [5.41, 5.74) is 1.54. The molecule has 0 heterocycles. The Bertz CT molecular complexity index is 669. The minimum absolute atomic E-state index is 0.0265. The predicted molar refractivity (Wildman–Crippen MR) is 98.2 cm³/mol. The maximum absolute atomic E-state index is 13.4. The van der Waals surface area contributed by atoms with Crippen LogP contribution in [0.2, 0.25) is 0 Å². The summed E-state index contributed by atoms with van der Waals surface area (Å²) in [7, 11) is 0. The smallest absolute Gasteiger partial charge is 0.407 e. The molecule has 2 atom stereocenters. The number of benzene rings is 2. The molecule has 146 valence electrons. The van der Waals surface area contributed by atoms with Crippen molar-refractivity contribution in [1.82, 2.24) is 4.90 Å². The molecule has 0 aromatic heterocycles. The van der Waals surface area contributed by atoms with Gasteiger partial charge in [-0.1, -0.05) is 60.7 Å². The highest BCUT2D eigenvalue weighted by molar-refractivity contribution is 6.23. The number of esters is 1. The summed E-state index contributed by atoms with van der Waals surface area (Å²) in [4.78, 5) is 13.8. The van der Waals surface area contributed by atoms with Gasteiger partial charge in [0, 0.05) is 13.1 Å². The van der Waals surface area contributed by atoms with E-state index in [-0.39, 0.29) is 19.7 Å². The van der Waals surface area contributed by atoms with Gasteiger partial charge in [-0.05, 0) is 18.1 Å². The lowest BCUT2D eigenvalue weighted by molar-refractivity contribution is -0.169. The molecule has 7 heteroatoms. The summed E-state index contributed by atoms with van der Waals surface area (Å²) >= 11 is 5.71. The number of nitrogens with zero attached hydrogens (tertiary/aromatic N) is 1. The van der Waals surface area contributed by atoms with Crippen LogP contribution in [0.15, 0.2) is 60.7 Å². The van der Waals surface area contributed by atoms with Crippen LogP contribution in [0.3, 0.4) is 0 Å². The summed E-state index contributed by atoms with van der Waals surface area (Å²) in [6, 6.07) is 16.3. The van der Waals surface area contributed by atoms with Crippen LogP contribution in [-0.2, 0) is 22.6 Å². The van der Waals surface area contributed by atoms with Crippen LogP contribution in [0.4, 0.5) is 13.2 Å². The molecule has 0 fully saturated rings. The van der Waals surface area contributed by atoms with E-state index >= 15 is 0 Å². The van der Waals surface area contributed by atoms with Crippen molar-refractivity contribution in [2.75, 3.05) is 6.61 Å². The molecule has 2 rings (SSSR count). The third-order valence-electron chi connectivity index (χ3n) is 3.97. The summed E-state index contributed by atoms with van der Waals surface area (Å²) in [5, 5.41) is -2.39. The van der Waals surface area contributed by atoms with Gasteiger partial charge >= 0.3 is 12.1 Å². The van der Waals surface area contributed by atoms with Crippen LogP contribution < -0.4 is 0 Å². The summed E-state index contributed by atoms with van der Waals surface area (Å²) in [6.07, 6.45) is -4.75. The van der Waals surface area contributed by atoms with E-state index < -0.39 is 23.6 Å². The average Bonchev–Trinajstić information content (AvgIpc) is 2.63. The predicted octanol–water partition coefficient (Wildman–Crippen LogP) is 4.79. The van der Waals surface area contributed by atoms with Gasteiger partial charge in [0.1, 0.15) is 6.04 Å². The molecular weight excluding hydrogens is 379 g/mol. The standard InChI is InChI=1S/C20H21ClF3NO2/c1-2-27-19(26)17(18(21)20(22,23)24)25(13-15-9-5-3-6-10-15)14-16-11-7-4-8-12-16/h3-12,17-18H,2,13-14H2,1H3. The number of carbonyl (C=O) groups is 1. The maximum atomic E-state index is 13.4. The van der Waals surface area contributed by atoms with Crippen molar-refractivity contribution in [3.8, 4) is 0 Å².